The first kappa shape index (κ1) is 83.4. The van der Waals surface area contributed by atoms with Crippen LogP contribution in [0.25, 0.3) is 4.85 Å². The van der Waals surface area contributed by atoms with Crippen molar-refractivity contribution >= 4 is 96.7 Å². The highest BCUT2D eigenvalue weighted by atomic mass is 32.2. The number of rotatable bonds is 22. The summed E-state index contributed by atoms with van der Waals surface area (Å²) >= 11 is 0. The fraction of sp³-hybridized carbons (Fsp3) is 0.165. The van der Waals surface area contributed by atoms with Gasteiger partial charge < -0.3 is 35.1 Å². The van der Waals surface area contributed by atoms with Crippen molar-refractivity contribution in [1.82, 2.24) is 4.31 Å². The van der Waals surface area contributed by atoms with Crippen LogP contribution in [0.1, 0.15) is 101 Å². The van der Waals surface area contributed by atoms with Crippen LogP contribution in [-0.2, 0) is 42.4 Å². The van der Waals surface area contributed by atoms with Crippen LogP contribution >= 0.6 is 0 Å². The zero-order valence-electron chi connectivity index (χ0n) is 60.7. The number of terminal acetylenes is 1. The van der Waals surface area contributed by atoms with Crippen molar-refractivity contribution in [3.05, 3.63) is 302 Å². The fourth-order valence-electron chi connectivity index (χ4n) is 9.48. The number of phenols is 5. The highest BCUT2D eigenvalue weighted by Gasteiger charge is 2.21. The van der Waals surface area contributed by atoms with Crippen molar-refractivity contribution in [3.8, 4) is 41.1 Å². The maximum Gasteiger partial charge on any atom is 0.239 e. The second-order valence-electron chi connectivity index (χ2n) is 24.3. The van der Waals surface area contributed by atoms with E-state index in [1.807, 2.05) is 113 Å². The molecule has 107 heavy (non-hydrogen) atoms. The molecule has 0 radical (unpaired) electrons. The maximum atomic E-state index is 12.2. The summed E-state index contributed by atoms with van der Waals surface area (Å²) in [6.45, 7) is 18.3. The predicted octanol–water partition coefficient (Wildman–Crippen LogP) is 16.2. The standard InChI is InChI=1S/C18H20N2O4S.C17H17NO4S.C17H17NO3.C17H15NO.C16H14N2O/c1-13-7-8-17(21)15(9-13)11-19-16-6-4-5-14(10-16)18(22)12-25(23,24)20(2)3;1-12-6-7-17(20)14(8-12)10-18-15-4-3-5-16(9-15)23(21,22)11-13(2)19;1-12-6-7-16(19)14(8-12)10-18-15-5-3-4-13(9-15)17(20)11-21-2;1-3-13-6-5-7-16(11-13)18-12-15-10-14(4-2)8-9-17(15)19;1-12-6-7-16(19)14(8-12)11-18-15-5-3-4-13(9-15)10-17-2/h4-11,21H,12H2,1-3H3;3-10,20H,11H2,1-2H3;3-10,19H,11H2,1-2H3;1,5-12,19H,4H2,2H3;3-9,11,19H,10H2,1H3. The summed E-state index contributed by atoms with van der Waals surface area (Å²) in [5.41, 5.74) is 14.1. The Bertz CT molecular complexity index is 5280. The number of hydrogen-bond donors (Lipinski definition) is 5. The van der Waals surface area contributed by atoms with Crippen LogP contribution in [0.4, 0.5) is 28.4 Å². The molecule has 0 heterocycles. The summed E-state index contributed by atoms with van der Waals surface area (Å²) in [5, 5.41) is 48.9. The molecule has 0 amide bonds. The zero-order chi connectivity index (χ0) is 78.2. The van der Waals surface area contributed by atoms with E-state index in [1.165, 1.54) is 58.8 Å². The second kappa shape index (κ2) is 41.1. The Hall–Kier alpha value is -12.6. The Morgan fingerprint density at radius 1 is 0.477 bits per heavy atom. The lowest BCUT2D eigenvalue weighted by Crippen LogP contribution is -2.29. The molecule has 5 N–H and O–H groups in total. The minimum absolute atomic E-state index is 0.0475. The molecule has 0 spiro atoms. The largest absolute Gasteiger partial charge is 0.507 e. The van der Waals surface area contributed by atoms with Crippen molar-refractivity contribution < 1.29 is 61.5 Å². The summed E-state index contributed by atoms with van der Waals surface area (Å²) in [7, 11) is -3.00. The average molecular weight is 1470 g/mol. The lowest BCUT2D eigenvalue weighted by molar-refractivity contribution is -0.114. The van der Waals surface area contributed by atoms with E-state index in [0.717, 1.165) is 61.0 Å². The van der Waals surface area contributed by atoms with Gasteiger partial charge >= 0.3 is 0 Å². The van der Waals surface area contributed by atoms with E-state index in [1.54, 1.807) is 128 Å². The van der Waals surface area contributed by atoms with Gasteiger partial charge in [0.2, 0.25) is 16.6 Å². The number of carbonyl (C=O) groups is 3. The van der Waals surface area contributed by atoms with Crippen LogP contribution in [-0.4, -0.2) is 134 Å². The summed E-state index contributed by atoms with van der Waals surface area (Å²) in [4.78, 5) is 59.8. The number of sulfone groups is 1. The number of aromatic hydroxyl groups is 5. The van der Waals surface area contributed by atoms with E-state index in [9.17, 15) is 56.8 Å². The van der Waals surface area contributed by atoms with E-state index < -0.39 is 42.9 Å². The van der Waals surface area contributed by atoms with Crippen molar-refractivity contribution in [2.45, 2.75) is 59.4 Å². The molecule has 548 valence electrons. The predicted molar refractivity (Wildman–Crippen MR) is 426 cm³/mol. The van der Waals surface area contributed by atoms with Gasteiger partial charge in [-0.05, 0) is 180 Å². The highest BCUT2D eigenvalue weighted by molar-refractivity contribution is 7.92. The normalized spacial score (nSPS) is 11.2. The lowest BCUT2D eigenvalue weighted by Gasteiger charge is -2.10. The molecule has 22 heteroatoms. The van der Waals surface area contributed by atoms with Crippen LogP contribution in [0.2, 0.25) is 0 Å². The molecular formula is C85H83N7O13S2. The molecule has 20 nitrogen and oxygen atoms in total. The number of ether oxygens (including phenoxy) is 1. The zero-order valence-corrected chi connectivity index (χ0v) is 62.3. The molecule has 0 atom stereocenters. The summed E-state index contributed by atoms with van der Waals surface area (Å²) in [5.74, 6) is 1.28. The number of carbonyl (C=O) groups excluding carboxylic acids is 3. The fourth-order valence-corrected chi connectivity index (χ4v) is 11.5. The van der Waals surface area contributed by atoms with Gasteiger partial charge in [-0.25, -0.2) is 27.7 Å². The number of Topliss-reactive ketones (excluding diaryl/α,β-unsaturated/α-hetero) is 3. The third kappa shape index (κ3) is 27.9. The van der Waals surface area contributed by atoms with E-state index in [0.29, 0.717) is 57.0 Å². The maximum absolute atomic E-state index is 12.2. The van der Waals surface area contributed by atoms with E-state index in [2.05, 4.69) is 42.7 Å². The van der Waals surface area contributed by atoms with Gasteiger partial charge in [-0.1, -0.05) is 114 Å². The molecular weight excluding hydrogens is 1390 g/mol. The monoisotopic (exact) mass is 1470 g/mol. The SMILES string of the molecule is C#Cc1cccc(N=Cc2cc(CC)ccc2O)c1.CC(=O)CS(=O)(=O)c1cccc(N=Cc2cc(C)ccc2O)c1.COCC(=O)c1cccc(N=Cc2cc(C)ccc2O)c1.Cc1ccc(O)c(C=Nc2cccc(C(=O)CS(=O)(=O)N(C)C)c2)c1.[C-]#[N+]Cc1cccc(N=Cc2cc(C)ccc2O)c1. The van der Waals surface area contributed by atoms with Crippen LogP contribution < -0.4 is 0 Å². The van der Waals surface area contributed by atoms with E-state index in [4.69, 9.17) is 17.7 Å². The smallest absolute Gasteiger partial charge is 0.239 e. The average Bonchev–Trinajstić information content (AvgIpc) is 0.857. The van der Waals surface area contributed by atoms with E-state index in [-0.39, 0.29) is 51.6 Å². The summed E-state index contributed by atoms with van der Waals surface area (Å²) < 4.78 is 53.6. The quantitative estimate of drug-likeness (QED) is 0.0183. The van der Waals surface area contributed by atoms with Gasteiger partial charge in [-0.2, -0.15) is 0 Å². The van der Waals surface area contributed by atoms with Crippen molar-refractivity contribution in [2.75, 3.05) is 39.3 Å². The summed E-state index contributed by atoms with van der Waals surface area (Å²) in [6, 6.07) is 60.9. The van der Waals surface area contributed by atoms with Crippen molar-refractivity contribution in [3.63, 3.8) is 0 Å². The number of benzene rings is 10. The third-order valence-electron chi connectivity index (χ3n) is 15.2. The molecule has 0 saturated carbocycles. The Kier molecular flexibility index (Phi) is 32.0. The third-order valence-corrected chi connectivity index (χ3v) is 18.7. The topological polar surface area (TPSA) is 299 Å². The molecule has 0 bridgehead atoms. The molecule has 0 aliphatic heterocycles. The molecule has 0 saturated heterocycles. The Labute approximate surface area is 625 Å². The Morgan fingerprint density at radius 2 is 0.850 bits per heavy atom. The number of methoxy groups -OCH3 is 1. The van der Waals surface area contributed by atoms with Crippen LogP contribution in [0.5, 0.6) is 28.7 Å². The number of nitrogens with zero attached hydrogens (tertiary/aromatic N) is 7. The molecule has 0 aromatic heterocycles. The van der Waals surface area contributed by atoms with E-state index >= 15 is 0 Å². The van der Waals surface area contributed by atoms with Gasteiger partial charge in [-0.15, -0.1) is 6.42 Å². The van der Waals surface area contributed by atoms with Crippen molar-refractivity contribution in [2.24, 2.45) is 25.0 Å². The van der Waals surface area contributed by atoms with Gasteiger partial charge in [0.1, 0.15) is 52.6 Å². The van der Waals surface area contributed by atoms with Gasteiger partial charge in [0.25, 0.3) is 0 Å². The first-order chi connectivity index (χ1) is 51.0. The minimum Gasteiger partial charge on any atom is -0.507 e. The molecule has 10 aromatic carbocycles. The molecule has 10 rings (SSSR count). The second-order valence-corrected chi connectivity index (χ2v) is 28.5. The van der Waals surface area contributed by atoms with Gasteiger partial charge in [0, 0.05) is 102 Å². The number of sulfonamides is 1. The number of aryl methyl sites for hydroxylation is 5. The Balaban J connectivity index is 0.000000210. The first-order valence-electron chi connectivity index (χ1n) is 33.2. The van der Waals surface area contributed by atoms with Gasteiger partial charge in [0.05, 0.1) is 33.3 Å². The van der Waals surface area contributed by atoms with Crippen LogP contribution in [0.3, 0.4) is 0 Å². The van der Waals surface area contributed by atoms with Crippen LogP contribution in [0, 0.1) is 46.6 Å². The van der Waals surface area contributed by atoms with Crippen molar-refractivity contribution in [1.29, 1.82) is 0 Å². The molecule has 0 fully saturated rings. The lowest BCUT2D eigenvalue weighted by atomic mass is 10.1. The summed E-state index contributed by atoms with van der Waals surface area (Å²) in [6.07, 6.45) is 14.1. The minimum atomic E-state index is -3.65. The number of aliphatic imine (C=N–C) groups is 5. The molecule has 0 unspecified atom stereocenters. The highest BCUT2D eigenvalue weighted by Crippen LogP contribution is 2.26. The van der Waals surface area contributed by atoms with Gasteiger partial charge in [-0.3, -0.25) is 39.3 Å². The Morgan fingerprint density at radius 3 is 1.25 bits per heavy atom. The number of phenolic OH excluding ortho intramolecular Hbond substituents is 5. The number of ketones is 3. The molecule has 0 aliphatic carbocycles. The van der Waals surface area contributed by atoms with Crippen LogP contribution in [0.15, 0.2) is 242 Å². The molecule has 0 aliphatic rings. The first-order valence-corrected chi connectivity index (χ1v) is 36.4. The van der Waals surface area contributed by atoms with Gasteiger partial charge in [0.15, 0.2) is 21.4 Å². The number of hydrogen-bond acceptors (Lipinski definition) is 18. The molecule has 10 aromatic rings.